The third-order valence-electron chi connectivity index (χ3n) is 0.846. The molecule has 3 nitrogen and oxygen atoms in total. The Morgan fingerprint density at radius 2 is 2.44 bits per heavy atom. The summed E-state index contributed by atoms with van der Waals surface area (Å²) < 4.78 is 0. The molecule has 0 rings (SSSR count). The number of nitrogens with zero attached hydrogens (tertiary/aromatic N) is 2. The molecule has 3 heteroatoms. The molecule has 50 valence electrons. The van der Waals surface area contributed by atoms with Gasteiger partial charge in [0, 0.05) is 12.8 Å². The van der Waals surface area contributed by atoms with Crippen molar-refractivity contribution in [2.45, 2.75) is 19.8 Å². The zero-order valence-corrected chi connectivity index (χ0v) is 5.72. The van der Waals surface area contributed by atoms with Gasteiger partial charge in [0.05, 0.1) is 11.8 Å². The van der Waals surface area contributed by atoms with Gasteiger partial charge in [-0.25, -0.2) is 0 Å². The number of rotatable bonds is 3. The van der Waals surface area contributed by atoms with E-state index >= 15 is 0 Å². The van der Waals surface area contributed by atoms with Crippen LogP contribution in [0, 0.1) is 11.3 Å². The molecule has 0 spiro atoms. The molecule has 0 aliphatic carbocycles. The third kappa shape index (κ3) is 4.82. The number of hydrogen-bond donors (Lipinski definition) is 0. The lowest BCUT2D eigenvalue weighted by Gasteiger charge is -1.91. The summed E-state index contributed by atoms with van der Waals surface area (Å²) in [6.45, 7) is 1.83. The second-order valence-electron chi connectivity index (χ2n) is 1.67. The highest BCUT2D eigenvalue weighted by Gasteiger charge is 1.88. The summed E-state index contributed by atoms with van der Waals surface area (Å²) in [6.07, 6.45) is 1.21. The standard InChI is InChI=1S/C6H10N2O/c1-6(8-9-2)4-3-5-7/h3-4H2,1-2H3/b8-6+. The Kier molecular flexibility index (Phi) is 4.51. The molecule has 0 saturated carbocycles. The summed E-state index contributed by atoms with van der Waals surface area (Å²) in [6, 6.07) is 2.02. The molecule has 0 atom stereocenters. The Bertz CT molecular complexity index is 134. The molecule has 0 heterocycles. The summed E-state index contributed by atoms with van der Waals surface area (Å²) in [5, 5.41) is 11.8. The number of nitriles is 1. The second-order valence-corrected chi connectivity index (χ2v) is 1.67. The Balaban J connectivity index is 3.40. The van der Waals surface area contributed by atoms with Gasteiger partial charge >= 0.3 is 0 Å². The lowest BCUT2D eigenvalue weighted by molar-refractivity contribution is 0.212. The molecule has 0 aromatic rings. The third-order valence-corrected chi connectivity index (χ3v) is 0.846. The highest BCUT2D eigenvalue weighted by atomic mass is 16.6. The van der Waals surface area contributed by atoms with Crippen LogP contribution in [-0.4, -0.2) is 12.8 Å². The topological polar surface area (TPSA) is 45.4 Å². The van der Waals surface area contributed by atoms with E-state index in [9.17, 15) is 0 Å². The van der Waals surface area contributed by atoms with Gasteiger partial charge in [-0.1, -0.05) is 5.16 Å². The molecule has 0 aromatic heterocycles. The average molecular weight is 126 g/mol. The molecule has 0 aliphatic rings. The maximum atomic E-state index is 8.14. The van der Waals surface area contributed by atoms with Crippen molar-refractivity contribution in [1.29, 1.82) is 5.26 Å². The van der Waals surface area contributed by atoms with E-state index in [0.717, 1.165) is 5.71 Å². The number of hydrogen-bond acceptors (Lipinski definition) is 3. The first kappa shape index (κ1) is 7.96. The zero-order chi connectivity index (χ0) is 7.11. The molecular formula is C6H10N2O. The maximum Gasteiger partial charge on any atom is 0.106 e. The van der Waals surface area contributed by atoms with Gasteiger partial charge in [0.2, 0.25) is 0 Å². The van der Waals surface area contributed by atoms with Gasteiger partial charge in [-0.05, 0) is 6.92 Å². The highest BCUT2D eigenvalue weighted by Crippen LogP contribution is 1.90. The molecule has 0 bridgehead atoms. The van der Waals surface area contributed by atoms with Crippen LogP contribution in [-0.2, 0) is 4.84 Å². The summed E-state index contributed by atoms with van der Waals surface area (Å²) in [7, 11) is 1.50. The molecule has 9 heavy (non-hydrogen) atoms. The minimum Gasteiger partial charge on any atom is -0.399 e. The van der Waals surface area contributed by atoms with Crippen molar-refractivity contribution in [3.05, 3.63) is 0 Å². The molecular weight excluding hydrogens is 116 g/mol. The molecule has 0 unspecified atom stereocenters. The van der Waals surface area contributed by atoms with Crippen LogP contribution in [0.5, 0.6) is 0 Å². The first-order valence-electron chi connectivity index (χ1n) is 2.75. The molecule has 0 amide bonds. The van der Waals surface area contributed by atoms with E-state index in [1.165, 1.54) is 7.11 Å². The minimum atomic E-state index is 0.513. The van der Waals surface area contributed by atoms with Gasteiger partial charge in [0.1, 0.15) is 7.11 Å². The van der Waals surface area contributed by atoms with Crippen LogP contribution in [0.2, 0.25) is 0 Å². The summed E-state index contributed by atoms with van der Waals surface area (Å²) >= 11 is 0. The van der Waals surface area contributed by atoms with E-state index in [1.54, 1.807) is 0 Å². The van der Waals surface area contributed by atoms with Crippen molar-refractivity contribution in [2.24, 2.45) is 5.16 Å². The Hall–Kier alpha value is -1.04. The maximum absolute atomic E-state index is 8.14. The van der Waals surface area contributed by atoms with Gasteiger partial charge in [0.15, 0.2) is 0 Å². The summed E-state index contributed by atoms with van der Waals surface area (Å²) in [5.41, 5.74) is 0.860. The monoisotopic (exact) mass is 126 g/mol. The van der Waals surface area contributed by atoms with Crippen molar-refractivity contribution in [2.75, 3.05) is 7.11 Å². The van der Waals surface area contributed by atoms with E-state index in [2.05, 4.69) is 9.99 Å². The predicted molar refractivity (Wildman–Crippen MR) is 35.0 cm³/mol. The van der Waals surface area contributed by atoms with Crippen molar-refractivity contribution < 1.29 is 4.84 Å². The van der Waals surface area contributed by atoms with Crippen LogP contribution in [0.1, 0.15) is 19.8 Å². The molecule has 0 saturated heterocycles. The van der Waals surface area contributed by atoms with Crippen LogP contribution < -0.4 is 0 Å². The van der Waals surface area contributed by atoms with Gasteiger partial charge < -0.3 is 4.84 Å². The molecule has 0 fully saturated rings. The van der Waals surface area contributed by atoms with Gasteiger partial charge in [-0.2, -0.15) is 5.26 Å². The fourth-order valence-electron chi connectivity index (χ4n) is 0.438. The molecule has 0 aromatic carbocycles. The van der Waals surface area contributed by atoms with Crippen molar-refractivity contribution >= 4 is 5.71 Å². The molecule has 0 N–H and O–H groups in total. The van der Waals surface area contributed by atoms with Gasteiger partial charge in [-0.3, -0.25) is 0 Å². The van der Waals surface area contributed by atoms with E-state index in [1.807, 2.05) is 13.0 Å². The van der Waals surface area contributed by atoms with E-state index in [-0.39, 0.29) is 0 Å². The van der Waals surface area contributed by atoms with Gasteiger partial charge in [-0.15, -0.1) is 0 Å². The van der Waals surface area contributed by atoms with Crippen LogP contribution in [0.15, 0.2) is 5.16 Å². The van der Waals surface area contributed by atoms with Crippen LogP contribution >= 0.6 is 0 Å². The van der Waals surface area contributed by atoms with Crippen molar-refractivity contribution in [3.8, 4) is 6.07 Å². The van der Waals surface area contributed by atoms with E-state index in [4.69, 9.17) is 5.26 Å². The SMILES string of the molecule is CO/N=C(\C)CCC#N. The van der Waals surface area contributed by atoms with Gasteiger partial charge in [0.25, 0.3) is 0 Å². The lowest BCUT2D eigenvalue weighted by Crippen LogP contribution is -1.90. The molecule has 0 aliphatic heterocycles. The number of oxime groups is 1. The van der Waals surface area contributed by atoms with Crippen molar-refractivity contribution in [3.63, 3.8) is 0 Å². The molecule has 0 radical (unpaired) electrons. The lowest BCUT2D eigenvalue weighted by atomic mass is 10.2. The Morgan fingerprint density at radius 3 is 2.89 bits per heavy atom. The fraction of sp³-hybridized carbons (Fsp3) is 0.667. The van der Waals surface area contributed by atoms with Crippen LogP contribution in [0.3, 0.4) is 0 Å². The second kappa shape index (κ2) is 5.10. The fourth-order valence-corrected chi connectivity index (χ4v) is 0.438. The largest absolute Gasteiger partial charge is 0.399 e. The van der Waals surface area contributed by atoms with Crippen LogP contribution in [0.4, 0.5) is 0 Å². The first-order chi connectivity index (χ1) is 4.31. The Labute approximate surface area is 54.9 Å². The average Bonchev–Trinajstić information content (AvgIpc) is 1.85. The highest BCUT2D eigenvalue weighted by molar-refractivity contribution is 5.81. The smallest absolute Gasteiger partial charge is 0.106 e. The minimum absolute atomic E-state index is 0.513. The van der Waals surface area contributed by atoms with Crippen LogP contribution in [0.25, 0.3) is 0 Å². The zero-order valence-electron chi connectivity index (χ0n) is 5.72. The van der Waals surface area contributed by atoms with E-state index in [0.29, 0.717) is 12.8 Å². The summed E-state index contributed by atoms with van der Waals surface area (Å²) in [4.78, 5) is 4.48. The first-order valence-corrected chi connectivity index (χ1v) is 2.75. The summed E-state index contributed by atoms with van der Waals surface area (Å²) in [5.74, 6) is 0. The van der Waals surface area contributed by atoms with Crippen molar-refractivity contribution in [1.82, 2.24) is 0 Å². The predicted octanol–water partition coefficient (Wildman–Crippen LogP) is 1.31. The normalized spacial score (nSPS) is 10.6. The van der Waals surface area contributed by atoms with E-state index < -0.39 is 0 Å². The quantitative estimate of drug-likeness (QED) is 0.422. The Morgan fingerprint density at radius 1 is 1.78 bits per heavy atom.